The number of aromatic carboxylic acids is 1. The zero-order valence-electron chi connectivity index (χ0n) is 10.4. The maximum Gasteiger partial charge on any atom is 0.337 e. The molecule has 0 saturated carbocycles. The van der Waals surface area contributed by atoms with Crippen LogP contribution >= 0.6 is 11.6 Å². The lowest BCUT2D eigenvalue weighted by Gasteiger charge is -2.26. The molecule has 1 aromatic heterocycles. The van der Waals surface area contributed by atoms with Gasteiger partial charge in [0.2, 0.25) is 0 Å². The number of nitrogens with one attached hydrogen (secondary N) is 1. The lowest BCUT2D eigenvalue weighted by atomic mass is 10.2. The molecule has 0 spiro atoms. The minimum Gasteiger partial charge on any atom is -0.478 e. The lowest BCUT2D eigenvalue weighted by Crippen LogP contribution is -2.39. The first kappa shape index (κ1) is 14.0. The number of hydrogen-bond donors (Lipinski definition) is 2. The van der Waals surface area contributed by atoms with Gasteiger partial charge in [-0.2, -0.15) is 0 Å². The van der Waals surface area contributed by atoms with Crippen LogP contribution in [0, 0.1) is 0 Å². The van der Waals surface area contributed by atoms with Crippen molar-refractivity contribution in [3.05, 3.63) is 22.8 Å². The molecule has 1 aromatic rings. The van der Waals surface area contributed by atoms with Gasteiger partial charge in [-0.25, -0.2) is 9.78 Å². The molecule has 104 valence electrons. The SMILES string of the molecule is O=C(O)c1cc(NCCN2CCOCC2)ncc1Cl. The Hall–Kier alpha value is -1.37. The molecule has 0 bridgehead atoms. The van der Waals surface area contributed by atoms with E-state index >= 15 is 0 Å². The monoisotopic (exact) mass is 285 g/mol. The van der Waals surface area contributed by atoms with Crippen LogP contribution in [0.1, 0.15) is 10.4 Å². The van der Waals surface area contributed by atoms with Gasteiger partial charge in [0.15, 0.2) is 0 Å². The molecule has 1 aliphatic rings. The van der Waals surface area contributed by atoms with Gasteiger partial charge < -0.3 is 15.2 Å². The molecule has 1 fully saturated rings. The first-order valence-corrected chi connectivity index (χ1v) is 6.47. The number of aromatic nitrogens is 1. The lowest BCUT2D eigenvalue weighted by molar-refractivity contribution is 0.0398. The average Bonchev–Trinajstić information content (AvgIpc) is 2.41. The highest BCUT2D eigenvalue weighted by Crippen LogP contribution is 2.17. The highest BCUT2D eigenvalue weighted by atomic mass is 35.5. The molecule has 0 aromatic carbocycles. The van der Waals surface area contributed by atoms with Gasteiger partial charge in [0, 0.05) is 32.4 Å². The summed E-state index contributed by atoms with van der Waals surface area (Å²) in [7, 11) is 0. The van der Waals surface area contributed by atoms with Gasteiger partial charge in [-0.15, -0.1) is 0 Å². The van der Waals surface area contributed by atoms with Crippen molar-refractivity contribution in [2.45, 2.75) is 0 Å². The predicted octanol–water partition coefficient (Wildman–Crippen LogP) is 1.18. The molecule has 7 heteroatoms. The molecule has 6 nitrogen and oxygen atoms in total. The summed E-state index contributed by atoms with van der Waals surface area (Å²) >= 11 is 5.75. The predicted molar refractivity (Wildman–Crippen MR) is 72.0 cm³/mol. The molecule has 1 saturated heterocycles. The largest absolute Gasteiger partial charge is 0.478 e. The Balaban J connectivity index is 1.85. The number of hydrogen-bond acceptors (Lipinski definition) is 5. The highest BCUT2D eigenvalue weighted by molar-refractivity contribution is 6.33. The van der Waals surface area contributed by atoms with Crippen LogP contribution in [-0.2, 0) is 4.74 Å². The first-order chi connectivity index (χ1) is 9.16. The minimum atomic E-state index is -1.05. The number of pyridine rings is 1. The third-order valence-electron chi connectivity index (χ3n) is 2.92. The molecule has 0 amide bonds. The first-order valence-electron chi connectivity index (χ1n) is 6.09. The number of nitrogens with zero attached hydrogens (tertiary/aromatic N) is 2. The van der Waals surface area contributed by atoms with Crippen LogP contribution in [0.2, 0.25) is 5.02 Å². The van der Waals surface area contributed by atoms with Crippen LogP contribution in [0.5, 0.6) is 0 Å². The van der Waals surface area contributed by atoms with Gasteiger partial charge in [-0.05, 0) is 6.07 Å². The smallest absolute Gasteiger partial charge is 0.337 e. The molecule has 2 N–H and O–H groups in total. The fraction of sp³-hybridized carbons (Fsp3) is 0.500. The molecule has 0 unspecified atom stereocenters. The van der Waals surface area contributed by atoms with Crippen molar-refractivity contribution < 1.29 is 14.6 Å². The third-order valence-corrected chi connectivity index (χ3v) is 3.22. The summed E-state index contributed by atoms with van der Waals surface area (Å²) in [5.41, 5.74) is 0.0607. The number of halogens is 1. The summed E-state index contributed by atoms with van der Waals surface area (Å²) in [5.74, 6) is -0.529. The van der Waals surface area contributed by atoms with E-state index in [4.69, 9.17) is 21.4 Å². The number of carboxylic acids is 1. The van der Waals surface area contributed by atoms with Gasteiger partial charge in [0.25, 0.3) is 0 Å². The standard InChI is InChI=1S/C12H16ClN3O3/c13-10-8-15-11(7-9(10)12(17)18)14-1-2-16-3-5-19-6-4-16/h7-8H,1-6H2,(H,14,15)(H,17,18). The van der Waals surface area contributed by atoms with Gasteiger partial charge in [0.05, 0.1) is 23.8 Å². The van der Waals surface area contributed by atoms with E-state index in [0.717, 1.165) is 32.8 Å². The minimum absolute atomic E-state index is 0.0607. The second-order valence-corrected chi connectivity index (χ2v) is 4.64. The van der Waals surface area contributed by atoms with Crippen molar-refractivity contribution in [2.24, 2.45) is 0 Å². The zero-order valence-corrected chi connectivity index (χ0v) is 11.2. The Labute approximate surface area is 116 Å². The van der Waals surface area contributed by atoms with Crippen molar-refractivity contribution in [3.63, 3.8) is 0 Å². The number of anilines is 1. The number of carboxylic acid groups (broad SMARTS) is 1. The van der Waals surface area contributed by atoms with Gasteiger partial charge in [-0.3, -0.25) is 4.90 Å². The Bertz CT molecular complexity index is 450. The molecule has 1 aliphatic heterocycles. The summed E-state index contributed by atoms with van der Waals surface area (Å²) in [4.78, 5) is 17.3. The van der Waals surface area contributed by atoms with Crippen LogP contribution in [0.25, 0.3) is 0 Å². The van der Waals surface area contributed by atoms with E-state index in [1.54, 1.807) is 0 Å². The Morgan fingerprint density at radius 2 is 2.26 bits per heavy atom. The van der Waals surface area contributed by atoms with E-state index in [-0.39, 0.29) is 10.6 Å². The van der Waals surface area contributed by atoms with Crippen molar-refractivity contribution >= 4 is 23.4 Å². The summed E-state index contributed by atoms with van der Waals surface area (Å²) in [6.45, 7) is 4.96. The van der Waals surface area contributed by atoms with Crippen LogP contribution in [0.3, 0.4) is 0 Å². The van der Waals surface area contributed by atoms with E-state index in [9.17, 15) is 4.79 Å². The van der Waals surface area contributed by atoms with Crippen molar-refractivity contribution in [2.75, 3.05) is 44.7 Å². The fourth-order valence-electron chi connectivity index (χ4n) is 1.87. The summed E-state index contributed by atoms with van der Waals surface area (Å²) < 4.78 is 5.27. The maximum absolute atomic E-state index is 10.9. The molecule has 19 heavy (non-hydrogen) atoms. The fourth-order valence-corrected chi connectivity index (χ4v) is 2.05. The molecule has 2 rings (SSSR count). The molecule has 0 aliphatic carbocycles. The maximum atomic E-state index is 10.9. The molecule has 0 radical (unpaired) electrons. The number of rotatable bonds is 5. The van der Waals surface area contributed by atoms with Gasteiger partial charge >= 0.3 is 5.97 Å². The second-order valence-electron chi connectivity index (χ2n) is 4.24. The van der Waals surface area contributed by atoms with E-state index in [1.165, 1.54) is 12.3 Å². The third kappa shape index (κ3) is 4.05. The summed E-state index contributed by atoms with van der Waals surface area (Å²) in [6.07, 6.45) is 1.35. The van der Waals surface area contributed by atoms with E-state index in [0.29, 0.717) is 12.4 Å². The second kappa shape index (κ2) is 6.70. The van der Waals surface area contributed by atoms with Crippen LogP contribution in [0.4, 0.5) is 5.82 Å². The molecular formula is C12H16ClN3O3. The Morgan fingerprint density at radius 3 is 2.95 bits per heavy atom. The van der Waals surface area contributed by atoms with E-state index in [2.05, 4.69) is 15.2 Å². The summed E-state index contributed by atoms with van der Waals surface area (Å²) in [5, 5.41) is 12.2. The number of carbonyl (C=O) groups is 1. The zero-order chi connectivity index (χ0) is 13.7. The van der Waals surface area contributed by atoms with Crippen LogP contribution in [0.15, 0.2) is 12.3 Å². The Morgan fingerprint density at radius 1 is 1.53 bits per heavy atom. The van der Waals surface area contributed by atoms with Crippen LogP contribution < -0.4 is 5.32 Å². The quantitative estimate of drug-likeness (QED) is 0.846. The molecular weight excluding hydrogens is 270 g/mol. The number of ether oxygens (including phenoxy) is 1. The van der Waals surface area contributed by atoms with Crippen LogP contribution in [-0.4, -0.2) is 60.4 Å². The summed E-state index contributed by atoms with van der Waals surface area (Å²) in [6, 6.07) is 1.45. The van der Waals surface area contributed by atoms with Crippen molar-refractivity contribution in [3.8, 4) is 0 Å². The van der Waals surface area contributed by atoms with Crippen molar-refractivity contribution in [1.29, 1.82) is 0 Å². The van der Waals surface area contributed by atoms with E-state index in [1.807, 2.05) is 0 Å². The van der Waals surface area contributed by atoms with Crippen molar-refractivity contribution in [1.82, 2.24) is 9.88 Å². The molecule has 2 heterocycles. The van der Waals surface area contributed by atoms with Gasteiger partial charge in [0.1, 0.15) is 5.82 Å². The van der Waals surface area contributed by atoms with E-state index < -0.39 is 5.97 Å². The Kier molecular flexibility index (Phi) is 4.95. The number of morpholine rings is 1. The average molecular weight is 286 g/mol. The highest BCUT2D eigenvalue weighted by Gasteiger charge is 2.11. The normalized spacial score (nSPS) is 16.3. The van der Waals surface area contributed by atoms with Gasteiger partial charge in [-0.1, -0.05) is 11.6 Å². The molecule has 0 atom stereocenters. The topological polar surface area (TPSA) is 74.7 Å².